The Hall–Kier alpha value is -1.13. The molecule has 5 heteroatoms. The average Bonchev–Trinajstić information content (AvgIpc) is 2.28. The van der Waals surface area contributed by atoms with Crippen LogP contribution in [0.4, 0.5) is 4.39 Å². The van der Waals surface area contributed by atoms with Gasteiger partial charge in [-0.15, -0.1) is 0 Å². The standard InChI is InChI=1S/C12H15ClFNO2/c1-15-11(3-2-4-12(16)17)8-5-6-10(14)9(13)7-8/h5-7,11,15H,2-4H2,1H3,(H,16,17). The molecule has 2 N–H and O–H groups in total. The Balaban J connectivity index is 2.65. The van der Waals surface area contributed by atoms with Gasteiger partial charge < -0.3 is 10.4 Å². The Kier molecular flexibility index (Phi) is 5.38. The van der Waals surface area contributed by atoms with E-state index in [-0.39, 0.29) is 17.5 Å². The quantitative estimate of drug-likeness (QED) is 0.826. The van der Waals surface area contributed by atoms with Crippen LogP contribution in [-0.2, 0) is 4.79 Å². The van der Waals surface area contributed by atoms with Crippen molar-refractivity contribution in [2.45, 2.75) is 25.3 Å². The van der Waals surface area contributed by atoms with E-state index in [9.17, 15) is 9.18 Å². The van der Waals surface area contributed by atoms with Gasteiger partial charge in [0.25, 0.3) is 0 Å². The normalized spacial score (nSPS) is 12.4. The maximum atomic E-state index is 13.0. The third kappa shape index (κ3) is 4.32. The first-order chi connectivity index (χ1) is 8.04. The van der Waals surface area contributed by atoms with Crippen LogP contribution in [0.1, 0.15) is 30.9 Å². The molecule has 17 heavy (non-hydrogen) atoms. The third-order valence-corrected chi connectivity index (χ3v) is 2.87. The molecule has 1 aromatic rings. The van der Waals surface area contributed by atoms with Crippen molar-refractivity contribution in [3.63, 3.8) is 0 Å². The van der Waals surface area contributed by atoms with E-state index in [1.165, 1.54) is 6.07 Å². The van der Waals surface area contributed by atoms with Crippen LogP contribution in [-0.4, -0.2) is 18.1 Å². The maximum Gasteiger partial charge on any atom is 0.303 e. The molecule has 0 radical (unpaired) electrons. The van der Waals surface area contributed by atoms with Crippen molar-refractivity contribution in [2.24, 2.45) is 0 Å². The monoisotopic (exact) mass is 259 g/mol. The van der Waals surface area contributed by atoms with E-state index < -0.39 is 11.8 Å². The van der Waals surface area contributed by atoms with E-state index in [1.54, 1.807) is 19.2 Å². The number of carbonyl (C=O) groups is 1. The van der Waals surface area contributed by atoms with Crippen LogP contribution in [0.3, 0.4) is 0 Å². The molecule has 0 bridgehead atoms. The topological polar surface area (TPSA) is 49.3 Å². The van der Waals surface area contributed by atoms with Crippen LogP contribution in [0.5, 0.6) is 0 Å². The molecule has 0 saturated heterocycles. The molecular formula is C12H15ClFNO2. The molecule has 0 saturated carbocycles. The molecule has 94 valence electrons. The fourth-order valence-corrected chi connectivity index (χ4v) is 1.85. The second-order valence-corrected chi connectivity index (χ2v) is 4.21. The largest absolute Gasteiger partial charge is 0.481 e. The highest BCUT2D eigenvalue weighted by atomic mass is 35.5. The van der Waals surface area contributed by atoms with Crippen LogP contribution in [0.25, 0.3) is 0 Å². The highest BCUT2D eigenvalue weighted by molar-refractivity contribution is 6.30. The minimum atomic E-state index is -0.808. The molecule has 0 heterocycles. The van der Waals surface area contributed by atoms with Crippen LogP contribution in [0.2, 0.25) is 5.02 Å². The number of aliphatic carboxylic acids is 1. The molecular weight excluding hydrogens is 245 g/mol. The van der Waals surface area contributed by atoms with Gasteiger partial charge in [0.1, 0.15) is 5.82 Å². The predicted molar refractivity (Wildman–Crippen MR) is 64.7 cm³/mol. The van der Waals surface area contributed by atoms with Crippen LogP contribution in [0, 0.1) is 5.82 Å². The number of halogens is 2. The summed E-state index contributed by atoms with van der Waals surface area (Å²) in [6.45, 7) is 0. The highest BCUT2D eigenvalue weighted by Gasteiger charge is 2.11. The summed E-state index contributed by atoms with van der Waals surface area (Å²) in [4.78, 5) is 10.4. The molecule has 3 nitrogen and oxygen atoms in total. The first-order valence-corrected chi connectivity index (χ1v) is 5.76. The molecule has 0 spiro atoms. The molecule has 0 aliphatic carbocycles. The van der Waals surface area contributed by atoms with E-state index in [4.69, 9.17) is 16.7 Å². The second-order valence-electron chi connectivity index (χ2n) is 3.80. The number of hydrogen-bond acceptors (Lipinski definition) is 2. The van der Waals surface area contributed by atoms with Gasteiger partial charge in [-0.25, -0.2) is 4.39 Å². The van der Waals surface area contributed by atoms with Crippen molar-refractivity contribution >= 4 is 17.6 Å². The van der Waals surface area contributed by atoms with Gasteiger partial charge in [0.2, 0.25) is 0 Å². The lowest BCUT2D eigenvalue weighted by Crippen LogP contribution is -2.16. The van der Waals surface area contributed by atoms with Crippen molar-refractivity contribution in [1.82, 2.24) is 5.32 Å². The van der Waals surface area contributed by atoms with Gasteiger partial charge in [-0.3, -0.25) is 4.79 Å². The predicted octanol–water partition coefficient (Wildman–Crippen LogP) is 2.99. The molecule has 1 atom stereocenters. The lowest BCUT2D eigenvalue weighted by atomic mass is 10.0. The number of hydrogen-bond donors (Lipinski definition) is 2. The summed E-state index contributed by atoms with van der Waals surface area (Å²) in [6.07, 6.45) is 1.37. The molecule has 1 aromatic carbocycles. The molecule has 0 aliphatic heterocycles. The molecule has 1 rings (SSSR count). The van der Waals surface area contributed by atoms with E-state index in [1.807, 2.05) is 0 Å². The third-order valence-electron chi connectivity index (χ3n) is 2.58. The first-order valence-electron chi connectivity index (χ1n) is 5.38. The Morgan fingerprint density at radius 2 is 2.29 bits per heavy atom. The number of carboxylic acids is 1. The number of benzene rings is 1. The molecule has 0 aromatic heterocycles. The highest BCUT2D eigenvalue weighted by Crippen LogP contribution is 2.24. The molecule has 0 amide bonds. The minimum absolute atomic E-state index is 0.00699. The van der Waals surface area contributed by atoms with Gasteiger partial charge >= 0.3 is 5.97 Å². The maximum absolute atomic E-state index is 13.0. The van der Waals surface area contributed by atoms with Gasteiger partial charge in [-0.2, -0.15) is 0 Å². The van der Waals surface area contributed by atoms with Crippen LogP contribution in [0.15, 0.2) is 18.2 Å². The number of rotatable bonds is 6. The van der Waals surface area contributed by atoms with E-state index in [0.717, 1.165) is 5.56 Å². The van der Waals surface area contributed by atoms with E-state index >= 15 is 0 Å². The number of nitrogens with one attached hydrogen (secondary N) is 1. The van der Waals surface area contributed by atoms with Crippen molar-refractivity contribution < 1.29 is 14.3 Å². The summed E-state index contributed by atoms with van der Waals surface area (Å²) in [7, 11) is 1.78. The van der Waals surface area contributed by atoms with Crippen LogP contribution < -0.4 is 5.32 Å². The first kappa shape index (κ1) is 13.9. The van der Waals surface area contributed by atoms with Gasteiger partial charge in [0, 0.05) is 12.5 Å². The zero-order valence-corrected chi connectivity index (χ0v) is 10.3. The Morgan fingerprint density at radius 3 is 2.82 bits per heavy atom. The van der Waals surface area contributed by atoms with Crippen LogP contribution >= 0.6 is 11.6 Å². The van der Waals surface area contributed by atoms with Gasteiger partial charge in [0.15, 0.2) is 0 Å². The van der Waals surface area contributed by atoms with Crippen molar-refractivity contribution in [1.29, 1.82) is 0 Å². The smallest absolute Gasteiger partial charge is 0.303 e. The zero-order valence-electron chi connectivity index (χ0n) is 9.54. The van der Waals surface area contributed by atoms with Crippen molar-refractivity contribution in [2.75, 3.05) is 7.05 Å². The lowest BCUT2D eigenvalue weighted by molar-refractivity contribution is -0.137. The molecule has 1 unspecified atom stereocenters. The molecule has 0 aliphatic rings. The molecule has 0 fully saturated rings. The Morgan fingerprint density at radius 1 is 1.59 bits per heavy atom. The fraction of sp³-hybridized carbons (Fsp3) is 0.417. The average molecular weight is 260 g/mol. The SMILES string of the molecule is CNC(CCCC(=O)O)c1ccc(F)c(Cl)c1. The Labute approximate surface area is 105 Å². The summed E-state index contributed by atoms with van der Waals surface area (Å²) in [5.41, 5.74) is 0.865. The van der Waals surface area contributed by atoms with Gasteiger partial charge in [-0.1, -0.05) is 17.7 Å². The van der Waals surface area contributed by atoms with E-state index in [2.05, 4.69) is 5.32 Å². The van der Waals surface area contributed by atoms with E-state index in [0.29, 0.717) is 12.8 Å². The van der Waals surface area contributed by atoms with Crippen molar-refractivity contribution in [3.8, 4) is 0 Å². The summed E-state index contributed by atoms with van der Waals surface area (Å²) in [5.74, 6) is -1.26. The zero-order chi connectivity index (χ0) is 12.8. The lowest BCUT2D eigenvalue weighted by Gasteiger charge is -2.16. The fourth-order valence-electron chi connectivity index (χ4n) is 1.66. The summed E-state index contributed by atoms with van der Waals surface area (Å²) in [5, 5.41) is 11.7. The van der Waals surface area contributed by atoms with Gasteiger partial charge in [0.05, 0.1) is 5.02 Å². The second kappa shape index (κ2) is 6.57. The van der Waals surface area contributed by atoms with Crippen molar-refractivity contribution in [3.05, 3.63) is 34.6 Å². The summed E-state index contributed by atoms with van der Waals surface area (Å²) >= 11 is 5.70. The Bertz CT molecular complexity index is 398. The number of carboxylic acid groups (broad SMARTS) is 1. The minimum Gasteiger partial charge on any atom is -0.481 e. The van der Waals surface area contributed by atoms with Gasteiger partial charge in [-0.05, 0) is 37.6 Å². The summed E-state index contributed by atoms with van der Waals surface area (Å²) < 4.78 is 13.0. The summed E-state index contributed by atoms with van der Waals surface area (Å²) in [6, 6.07) is 4.54.